The van der Waals surface area contributed by atoms with Crippen LogP contribution in [-0.2, 0) is 33.3 Å². The fourth-order valence-electron chi connectivity index (χ4n) is 4.31. The lowest BCUT2D eigenvalue weighted by atomic mass is 10.0. The highest BCUT2D eigenvalue weighted by Gasteiger charge is 2.25. The number of carboxylic acid groups (broad SMARTS) is 3. The number of carboxylic acids is 3. The number of amides is 1. The van der Waals surface area contributed by atoms with Gasteiger partial charge in [0.15, 0.2) is 0 Å². The highest BCUT2D eigenvalue weighted by Crippen LogP contribution is 2.13. The minimum absolute atomic E-state index is 0.0744. The van der Waals surface area contributed by atoms with Crippen LogP contribution in [0.2, 0.25) is 0 Å². The van der Waals surface area contributed by atoms with Gasteiger partial charge in [0, 0.05) is 19.2 Å². The van der Waals surface area contributed by atoms with Crippen molar-refractivity contribution in [2.45, 2.75) is 89.5 Å². The molecule has 14 heteroatoms. The maximum absolute atomic E-state index is 11.8. The lowest BCUT2D eigenvalue weighted by Crippen LogP contribution is -2.43. The van der Waals surface area contributed by atoms with E-state index in [0.717, 1.165) is 23.7 Å². The fraction of sp³-hybridized carbons (Fsp3) is 0.862. The minimum Gasteiger partial charge on any atom is -0.481 e. The summed E-state index contributed by atoms with van der Waals surface area (Å²) in [6, 6.07) is -0.752. The molecule has 0 bridgehead atoms. The quantitative estimate of drug-likeness (QED) is 0.0533. The second-order valence-corrected chi connectivity index (χ2v) is 10.7. The molecule has 0 aliphatic heterocycles. The van der Waals surface area contributed by atoms with E-state index < -0.39 is 43.1 Å². The first-order valence-corrected chi connectivity index (χ1v) is 16.0. The van der Waals surface area contributed by atoms with E-state index in [0.29, 0.717) is 39.3 Å². The molecule has 0 aromatic heterocycles. The Morgan fingerprint density at radius 3 is 1.60 bits per heavy atom. The molecule has 0 saturated carbocycles. The first-order chi connectivity index (χ1) is 20.8. The summed E-state index contributed by atoms with van der Waals surface area (Å²) in [6.07, 6.45) is 11.5. The number of nitrogens with zero attached hydrogens (tertiary/aromatic N) is 1. The Bertz CT molecular complexity index is 715. The van der Waals surface area contributed by atoms with Crippen molar-refractivity contribution in [3.63, 3.8) is 0 Å². The van der Waals surface area contributed by atoms with Gasteiger partial charge in [0.05, 0.1) is 52.5 Å². The molecule has 0 saturated heterocycles. The molecule has 1 unspecified atom stereocenters. The Labute approximate surface area is 261 Å². The monoisotopic (exact) mass is 638 g/mol. The van der Waals surface area contributed by atoms with Crippen LogP contribution in [0.5, 0.6) is 0 Å². The number of hydrogen-bond donors (Lipinski definition) is 5. The van der Waals surface area contributed by atoms with Gasteiger partial charge in [-0.2, -0.15) is 12.6 Å². The Balaban J connectivity index is 3.63. The maximum atomic E-state index is 11.8. The van der Waals surface area contributed by atoms with E-state index in [1.54, 1.807) is 0 Å². The third-order valence-corrected chi connectivity index (χ3v) is 6.80. The van der Waals surface area contributed by atoms with Crippen molar-refractivity contribution >= 4 is 36.6 Å². The third-order valence-electron chi connectivity index (χ3n) is 6.49. The molecule has 252 valence electrons. The number of ether oxygens (including phenoxy) is 4. The van der Waals surface area contributed by atoms with Crippen LogP contribution in [0.1, 0.15) is 83.5 Å². The van der Waals surface area contributed by atoms with Crippen LogP contribution in [0, 0.1) is 0 Å². The molecule has 0 aromatic rings. The molecule has 0 rings (SSSR count). The van der Waals surface area contributed by atoms with Crippen LogP contribution in [-0.4, -0.2) is 122 Å². The van der Waals surface area contributed by atoms with Gasteiger partial charge in [0.25, 0.3) is 0 Å². The molecule has 13 nitrogen and oxygen atoms in total. The summed E-state index contributed by atoms with van der Waals surface area (Å²) < 4.78 is 21.4. The standard InChI is InChI=1S/C29H54N2O11S/c32-26(33)22-25(31(23-27(34)35)24-28(36)37)12-8-9-13-30-29(38)42-20-19-41-18-17-40-16-15-39-14-10-6-4-2-1-3-5-7-11-21-43/h25,43H,1-24H2,(H,30,38)(H,32,33)(H,34,35)(H,36,37). The van der Waals surface area contributed by atoms with Gasteiger partial charge in [-0.25, -0.2) is 4.79 Å². The average molecular weight is 639 g/mol. The van der Waals surface area contributed by atoms with Gasteiger partial charge in [-0.15, -0.1) is 0 Å². The summed E-state index contributed by atoms with van der Waals surface area (Å²) in [5.41, 5.74) is 0. The van der Waals surface area contributed by atoms with Crippen LogP contribution < -0.4 is 5.32 Å². The van der Waals surface area contributed by atoms with E-state index in [2.05, 4.69) is 17.9 Å². The molecule has 0 spiro atoms. The number of unbranched alkanes of at least 4 members (excludes halogenated alkanes) is 9. The van der Waals surface area contributed by atoms with Crippen LogP contribution in [0.4, 0.5) is 4.79 Å². The third kappa shape index (κ3) is 29.7. The minimum atomic E-state index is -1.24. The Morgan fingerprint density at radius 1 is 0.605 bits per heavy atom. The van der Waals surface area contributed by atoms with Crippen LogP contribution in [0.25, 0.3) is 0 Å². The summed E-state index contributed by atoms with van der Waals surface area (Å²) in [6.45, 7) is 2.02. The van der Waals surface area contributed by atoms with Crippen LogP contribution in [0.3, 0.4) is 0 Å². The highest BCUT2D eigenvalue weighted by atomic mass is 32.1. The van der Waals surface area contributed by atoms with Gasteiger partial charge in [-0.05, 0) is 31.4 Å². The number of rotatable bonds is 32. The molecule has 0 aliphatic rings. The first-order valence-electron chi connectivity index (χ1n) is 15.4. The molecular formula is C29H54N2O11S. The number of alkyl carbamates (subject to hydrolysis) is 1. The van der Waals surface area contributed by atoms with E-state index in [9.17, 15) is 19.2 Å². The number of carbonyl (C=O) groups excluding carboxylic acids is 1. The smallest absolute Gasteiger partial charge is 0.407 e. The lowest BCUT2D eigenvalue weighted by Gasteiger charge is -2.28. The Kier molecular flexibility index (Phi) is 28.4. The summed E-state index contributed by atoms with van der Waals surface area (Å²) >= 11 is 4.23. The zero-order valence-electron chi connectivity index (χ0n) is 25.5. The van der Waals surface area contributed by atoms with E-state index in [1.807, 2.05) is 0 Å². The average Bonchev–Trinajstić information content (AvgIpc) is 2.94. The molecular weight excluding hydrogens is 584 g/mol. The zero-order valence-corrected chi connectivity index (χ0v) is 26.4. The van der Waals surface area contributed by atoms with Crippen molar-refractivity contribution in [3.8, 4) is 0 Å². The summed E-state index contributed by atoms with van der Waals surface area (Å²) in [5.74, 6) is -2.64. The SMILES string of the molecule is O=C(O)CC(CCCCNC(=O)OCCOCCOCCOCCCCCCCCCCCS)N(CC(=O)O)CC(=O)O. The van der Waals surface area contributed by atoms with Gasteiger partial charge in [0.2, 0.25) is 0 Å². The number of nitrogens with one attached hydrogen (secondary N) is 1. The molecule has 1 amide bonds. The second kappa shape index (κ2) is 29.9. The van der Waals surface area contributed by atoms with Crippen molar-refractivity contribution < 1.29 is 53.4 Å². The molecule has 0 radical (unpaired) electrons. The van der Waals surface area contributed by atoms with Gasteiger partial charge in [-0.3, -0.25) is 19.3 Å². The molecule has 4 N–H and O–H groups in total. The van der Waals surface area contributed by atoms with Crippen LogP contribution >= 0.6 is 12.6 Å². The molecule has 0 aliphatic carbocycles. The predicted molar refractivity (Wildman–Crippen MR) is 164 cm³/mol. The normalized spacial score (nSPS) is 11.9. The van der Waals surface area contributed by atoms with Gasteiger partial charge >= 0.3 is 24.0 Å². The lowest BCUT2D eigenvalue weighted by molar-refractivity contribution is -0.146. The first kappa shape index (κ1) is 40.9. The molecule has 0 fully saturated rings. The van der Waals surface area contributed by atoms with E-state index >= 15 is 0 Å². The van der Waals surface area contributed by atoms with Gasteiger partial charge in [-0.1, -0.05) is 51.4 Å². The van der Waals surface area contributed by atoms with Crippen molar-refractivity contribution in [1.82, 2.24) is 10.2 Å². The number of carbonyl (C=O) groups is 4. The Morgan fingerprint density at radius 2 is 1.09 bits per heavy atom. The van der Waals surface area contributed by atoms with Crippen molar-refractivity contribution in [1.29, 1.82) is 0 Å². The second-order valence-electron chi connectivity index (χ2n) is 10.2. The summed E-state index contributed by atoms with van der Waals surface area (Å²) in [4.78, 5) is 46.2. The highest BCUT2D eigenvalue weighted by molar-refractivity contribution is 7.80. The predicted octanol–water partition coefficient (Wildman–Crippen LogP) is 3.69. The van der Waals surface area contributed by atoms with Gasteiger partial charge in [0.1, 0.15) is 6.61 Å². The van der Waals surface area contributed by atoms with Gasteiger partial charge < -0.3 is 39.6 Å². The topological polar surface area (TPSA) is 181 Å². The van der Waals surface area contributed by atoms with Crippen molar-refractivity contribution in [2.75, 3.05) is 71.6 Å². The molecule has 1 atom stereocenters. The molecule has 0 aromatic carbocycles. The van der Waals surface area contributed by atoms with E-state index in [1.165, 1.54) is 51.4 Å². The van der Waals surface area contributed by atoms with Crippen molar-refractivity contribution in [2.24, 2.45) is 0 Å². The van der Waals surface area contributed by atoms with E-state index in [4.69, 9.17) is 34.3 Å². The summed E-state index contributed by atoms with van der Waals surface area (Å²) in [5, 5.41) is 29.7. The molecule has 43 heavy (non-hydrogen) atoms. The fourth-order valence-corrected chi connectivity index (χ4v) is 4.54. The summed E-state index contributed by atoms with van der Waals surface area (Å²) in [7, 11) is 0. The number of thiol groups is 1. The molecule has 0 heterocycles. The zero-order chi connectivity index (χ0) is 32.0. The maximum Gasteiger partial charge on any atom is 0.407 e. The number of hydrogen-bond acceptors (Lipinski definition) is 10. The van der Waals surface area contributed by atoms with E-state index in [-0.39, 0.29) is 32.6 Å². The Hall–Kier alpha value is -2.13. The number of aliphatic carboxylic acids is 3. The van der Waals surface area contributed by atoms with Crippen LogP contribution in [0.15, 0.2) is 0 Å². The largest absolute Gasteiger partial charge is 0.481 e. The van der Waals surface area contributed by atoms with Crippen molar-refractivity contribution in [3.05, 3.63) is 0 Å².